The summed E-state index contributed by atoms with van der Waals surface area (Å²) < 4.78 is 5.42. The van der Waals surface area contributed by atoms with E-state index in [0.29, 0.717) is 19.7 Å². The van der Waals surface area contributed by atoms with Gasteiger partial charge in [-0.15, -0.1) is 0 Å². The number of carboxylic acid groups (broad SMARTS) is 1. The maximum absolute atomic E-state index is 12.1. The van der Waals surface area contributed by atoms with Crippen molar-refractivity contribution in [3.8, 4) is 0 Å². The molecule has 0 bridgehead atoms. The normalized spacial score (nSPS) is 31.2. The fourth-order valence-corrected chi connectivity index (χ4v) is 2.83. The molecule has 0 spiro atoms. The number of carboxylic acids is 1. The van der Waals surface area contributed by atoms with Crippen LogP contribution in [0.1, 0.15) is 32.6 Å². The van der Waals surface area contributed by atoms with Gasteiger partial charge in [-0.3, -0.25) is 4.79 Å². The highest BCUT2D eigenvalue weighted by Crippen LogP contribution is 2.20. The third-order valence-corrected chi connectivity index (χ3v) is 3.95. The van der Waals surface area contributed by atoms with E-state index in [-0.39, 0.29) is 30.5 Å². The molecule has 2 heterocycles. The molecule has 6 heteroatoms. The molecule has 0 aromatic heterocycles. The summed E-state index contributed by atoms with van der Waals surface area (Å²) in [6.07, 6.45) is 2.82. The molecule has 0 saturated carbocycles. The van der Waals surface area contributed by atoms with Crippen LogP contribution in [0.5, 0.6) is 0 Å². The Labute approximate surface area is 113 Å². The average molecular weight is 270 g/mol. The van der Waals surface area contributed by atoms with Crippen molar-refractivity contribution in [1.82, 2.24) is 10.2 Å². The molecule has 2 amide bonds. The first kappa shape index (κ1) is 14.1. The standard InChI is InChI=1S/C13H22N2O4/c1-9-11(4-6-19-9)14-13(18)15-5-2-3-10(8-15)7-12(16)17/h9-11H,2-8H2,1H3,(H,14,18)(H,16,17). The number of aliphatic carboxylic acids is 1. The number of likely N-dealkylation sites (tertiary alicyclic amines) is 1. The minimum atomic E-state index is -0.787. The van der Waals surface area contributed by atoms with Crippen molar-refractivity contribution in [2.45, 2.75) is 44.8 Å². The Morgan fingerprint density at radius 2 is 2.21 bits per heavy atom. The number of urea groups is 1. The zero-order chi connectivity index (χ0) is 13.8. The highest BCUT2D eigenvalue weighted by molar-refractivity contribution is 5.75. The van der Waals surface area contributed by atoms with E-state index in [1.54, 1.807) is 4.90 Å². The van der Waals surface area contributed by atoms with Crippen LogP contribution in [0.15, 0.2) is 0 Å². The van der Waals surface area contributed by atoms with Gasteiger partial charge in [0.05, 0.1) is 12.1 Å². The number of amides is 2. The highest BCUT2D eigenvalue weighted by atomic mass is 16.5. The topological polar surface area (TPSA) is 78.9 Å². The van der Waals surface area contributed by atoms with Crippen LogP contribution < -0.4 is 5.32 Å². The second-order valence-corrected chi connectivity index (χ2v) is 5.47. The molecular formula is C13H22N2O4. The van der Waals surface area contributed by atoms with Crippen molar-refractivity contribution in [1.29, 1.82) is 0 Å². The Balaban J connectivity index is 1.83. The van der Waals surface area contributed by atoms with E-state index in [4.69, 9.17) is 9.84 Å². The van der Waals surface area contributed by atoms with Gasteiger partial charge in [-0.2, -0.15) is 0 Å². The maximum Gasteiger partial charge on any atom is 0.317 e. The zero-order valence-corrected chi connectivity index (χ0v) is 11.3. The molecule has 0 aliphatic carbocycles. The van der Waals surface area contributed by atoms with Gasteiger partial charge in [0.25, 0.3) is 0 Å². The van der Waals surface area contributed by atoms with Gasteiger partial charge in [0, 0.05) is 26.1 Å². The predicted molar refractivity (Wildman–Crippen MR) is 68.9 cm³/mol. The van der Waals surface area contributed by atoms with Crippen LogP contribution >= 0.6 is 0 Å². The lowest BCUT2D eigenvalue weighted by molar-refractivity contribution is -0.138. The molecule has 2 N–H and O–H groups in total. The van der Waals surface area contributed by atoms with Crippen LogP contribution in [0.2, 0.25) is 0 Å². The minimum absolute atomic E-state index is 0.0588. The molecule has 2 fully saturated rings. The minimum Gasteiger partial charge on any atom is -0.481 e. The number of piperidine rings is 1. The molecule has 2 rings (SSSR count). The Morgan fingerprint density at radius 3 is 2.84 bits per heavy atom. The Morgan fingerprint density at radius 1 is 1.42 bits per heavy atom. The summed E-state index contributed by atoms with van der Waals surface area (Å²) in [5, 5.41) is 11.8. The van der Waals surface area contributed by atoms with E-state index in [2.05, 4.69) is 5.32 Å². The molecular weight excluding hydrogens is 248 g/mol. The van der Waals surface area contributed by atoms with Gasteiger partial charge in [0.15, 0.2) is 0 Å². The molecule has 0 aromatic carbocycles. The molecule has 6 nitrogen and oxygen atoms in total. The highest BCUT2D eigenvalue weighted by Gasteiger charge is 2.30. The number of nitrogens with zero attached hydrogens (tertiary/aromatic N) is 1. The maximum atomic E-state index is 12.1. The van der Waals surface area contributed by atoms with Crippen LogP contribution in [0.25, 0.3) is 0 Å². The second-order valence-electron chi connectivity index (χ2n) is 5.47. The van der Waals surface area contributed by atoms with Crippen molar-refractivity contribution in [3.05, 3.63) is 0 Å². The van der Waals surface area contributed by atoms with Crippen LogP contribution in [-0.2, 0) is 9.53 Å². The molecule has 3 atom stereocenters. The van der Waals surface area contributed by atoms with E-state index >= 15 is 0 Å². The smallest absolute Gasteiger partial charge is 0.317 e. The zero-order valence-electron chi connectivity index (χ0n) is 11.3. The Kier molecular flexibility index (Phi) is 4.63. The Bertz CT molecular complexity index is 348. The number of ether oxygens (including phenoxy) is 1. The predicted octanol–water partition coefficient (Wildman–Crippen LogP) is 1.06. The number of nitrogens with one attached hydrogen (secondary N) is 1. The summed E-state index contributed by atoms with van der Waals surface area (Å²) in [6.45, 7) is 3.90. The van der Waals surface area contributed by atoms with Gasteiger partial charge in [-0.05, 0) is 32.1 Å². The van der Waals surface area contributed by atoms with Crippen LogP contribution in [0.4, 0.5) is 4.79 Å². The lowest BCUT2D eigenvalue weighted by atomic mass is 9.95. The first-order valence-electron chi connectivity index (χ1n) is 6.95. The quantitative estimate of drug-likeness (QED) is 0.803. The molecule has 3 unspecified atom stereocenters. The van der Waals surface area contributed by atoms with Crippen molar-refractivity contribution in [2.75, 3.05) is 19.7 Å². The third-order valence-electron chi connectivity index (χ3n) is 3.95. The number of carbonyl (C=O) groups excluding carboxylic acids is 1. The van der Waals surface area contributed by atoms with E-state index in [0.717, 1.165) is 19.3 Å². The summed E-state index contributed by atoms with van der Waals surface area (Å²) in [4.78, 5) is 24.6. The van der Waals surface area contributed by atoms with Crippen molar-refractivity contribution < 1.29 is 19.4 Å². The SMILES string of the molecule is CC1OCCC1NC(=O)N1CCCC(CC(=O)O)C1. The molecule has 108 valence electrons. The largest absolute Gasteiger partial charge is 0.481 e. The number of hydrogen-bond donors (Lipinski definition) is 2. The average Bonchev–Trinajstić information content (AvgIpc) is 2.74. The summed E-state index contributed by atoms with van der Waals surface area (Å²) in [7, 11) is 0. The van der Waals surface area contributed by atoms with Crippen molar-refractivity contribution in [2.24, 2.45) is 5.92 Å². The van der Waals surface area contributed by atoms with Gasteiger partial charge in [0.2, 0.25) is 0 Å². The first-order chi connectivity index (χ1) is 9.06. The fourth-order valence-electron chi connectivity index (χ4n) is 2.83. The summed E-state index contributed by atoms with van der Waals surface area (Å²) >= 11 is 0. The molecule has 2 aliphatic rings. The fraction of sp³-hybridized carbons (Fsp3) is 0.846. The number of hydrogen-bond acceptors (Lipinski definition) is 3. The number of rotatable bonds is 3. The summed E-state index contributed by atoms with van der Waals surface area (Å²) in [6, 6.07) is -0.00945. The van der Waals surface area contributed by atoms with Crippen LogP contribution in [0.3, 0.4) is 0 Å². The van der Waals surface area contributed by atoms with Crippen LogP contribution in [-0.4, -0.2) is 53.8 Å². The molecule has 2 aliphatic heterocycles. The Hall–Kier alpha value is -1.30. The summed E-state index contributed by atoms with van der Waals surface area (Å²) in [5.41, 5.74) is 0. The van der Waals surface area contributed by atoms with Crippen LogP contribution in [0, 0.1) is 5.92 Å². The molecule has 0 aromatic rings. The molecule has 0 radical (unpaired) electrons. The lowest BCUT2D eigenvalue weighted by Crippen LogP contribution is -2.50. The van der Waals surface area contributed by atoms with E-state index in [9.17, 15) is 9.59 Å². The monoisotopic (exact) mass is 270 g/mol. The number of carbonyl (C=O) groups is 2. The molecule has 2 saturated heterocycles. The van der Waals surface area contributed by atoms with Gasteiger partial charge < -0.3 is 20.1 Å². The van der Waals surface area contributed by atoms with E-state index in [1.165, 1.54) is 0 Å². The van der Waals surface area contributed by atoms with Gasteiger partial charge in [-0.25, -0.2) is 4.79 Å². The summed E-state index contributed by atoms with van der Waals surface area (Å²) in [5.74, 6) is -0.709. The third kappa shape index (κ3) is 3.83. The van der Waals surface area contributed by atoms with Gasteiger partial charge in [-0.1, -0.05) is 0 Å². The van der Waals surface area contributed by atoms with Gasteiger partial charge >= 0.3 is 12.0 Å². The lowest BCUT2D eigenvalue weighted by Gasteiger charge is -2.33. The van der Waals surface area contributed by atoms with Crippen molar-refractivity contribution >= 4 is 12.0 Å². The van der Waals surface area contributed by atoms with E-state index < -0.39 is 5.97 Å². The second kappa shape index (κ2) is 6.23. The first-order valence-corrected chi connectivity index (χ1v) is 6.95. The van der Waals surface area contributed by atoms with Gasteiger partial charge in [0.1, 0.15) is 0 Å². The molecule has 19 heavy (non-hydrogen) atoms. The van der Waals surface area contributed by atoms with E-state index in [1.807, 2.05) is 6.92 Å². The van der Waals surface area contributed by atoms with Crippen molar-refractivity contribution in [3.63, 3.8) is 0 Å².